The van der Waals surface area contributed by atoms with Gasteiger partial charge in [0.1, 0.15) is 24.2 Å². The molecule has 5 rings (SSSR count). The Kier molecular flexibility index (Phi) is 10.2. The molecule has 1 saturated carbocycles. The van der Waals surface area contributed by atoms with Crippen LogP contribution in [-0.2, 0) is 32.6 Å². The topological polar surface area (TPSA) is 86.8 Å². The summed E-state index contributed by atoms with van der Waals surface area (Å²) in [5, 5.41) is 3.11. The van der Waals surface area contributed by atoms with Gasteiger partial charge in [-0.15, -0.1) is 0 Å². The van der Waals surface area contributed by atoms with Gasteiger partial charge in [0.2, 0.25) is 11.8 Å². The molecule has 0 radical (unpaired) electrons. The molecule has 234 valence electrons. The number of anilines is 1. The van der Waals surface area contributed by atoms with Crippen molar-refractivity contribution in [3.63, 3.8) is 0 Å². The number of carbonyl (C=O) groups is 2. The number of sulfonamides is 1. The third-order valence-electron chi connectivity index (χ3n) is 7.96. The van der Waals surface area contributed by atoms with Crippen LogP contribution in [0.3, 0.4) is 0 Å². The summed E-state index contributed by atoms with van der Waals surface area (Å²) in [5.74, 6) is -2.01. The molecule has 1 fully saturated rings. The molecule has 0 saturated heterocycles. The first-order chi connectivity index (χ1) is 21.7. The fraction of sp³-hybridized carbons (Fsp3) is 0.257. The van der Waals surface area contributed by atoms with Crippen molar-refractivity contribution >= 4 is 27.5 Å². The molecule has 45 heavy (non-hydrogen) atoms. The van der Waals surface area contributed by atoms with Gasteiger partial charge in [0.15, 0.2) is 0 Å². The number of halogens is 2. The second-order valence-electron chi connectivity index (χ2n) is 11.1. The third-order valence-corrected chi connectivity index (χ3v) is 9.75. The van der Waals surface area contributed by atoms with E-state index in [1.807, 2.05) is 30.3 Å². The molecular formula is C35H35F2N3O4S. The number of nitrogens with zero attached hydrogens (tertiary/aromatic N) is 2. The van der Waals surface area contributed by atoms with Gasteiger partial charge in [-0.25, -0.2) is 17.2 Å². The fourth-order valence-electron chi connectivity index (χ4n) is 5.56. The molecule has 4 aromatic carbocycles. The van der Waals surface area contributed by atoms with Crippen LogP contribution in [0.2, 0.25) is 0 Å². The second-order valence-corrected chi connectivity index (χ2v) is 13.0. The van der Waals surface area contributed by atoms with Crippen molar-refractivity contribution in [3.05, 3.63) is 132 Å². The van der Waals surface area contributed by atoms with Gasteiger partial charge in [0.25, 0.3) is 10.0 Å². The van der Waals surface area contributed by atoms with Crippen molar-refractivity contribution in [1.82, 2.24) is 10.2 Å². The number of benzene rings is 4. The minimum absolute atomic E-state index is 0.0206. The Hall–Kier alpha value is -4.57. The molecule has 1 aliphatic rings. The maximum Gasteiger partial charge on any atom is 0.264 e. The number of amides is 2. The van der Waals surface area contributed by atoms with Crippen molar-refractivity contribution in [3.8, 4) is 0 Å². The van der Waals surface area contributed by atoms with Crippen LogP contribution in [0.4, 0.5) is 14.5 Å². The second kappa shape index (κ2) is 14.5. The molecule has 0 aromatic heterocycles. The van der Waals surface area contributed by atoms with Crippen LogP contribution >= 0.6 is 0 Å². The van der Waals surface area contributed by atoms with Crippen LogP contribution in [-0.4, -0.2) is 43.8 Å². The lowest BCUT2D eigenvalue weighted by Gasteiger charge is -2.34. The van der Waals surface area contributed by atoms with Gasteiger partial charge in [-0.2, -0.15) is 0 Å². The number of carbonyl (C=O) groups excluding carboxylic acids is 2. The van der Waals surface area contributed by atoms with Crippen LogP contribution in [0.1, 0.15) is 36.8 Å². The minimum Gasteiger partial charge on any atom is -0.352 e. The first kappa shape index (κ1) is 31.8. The summed E-state index contributed by atoms with van der Waals surface area (Å²) < 4.78 is 56.5. The minimum atomic E-state index is -4.28. The van der Waals surface area contributed by atoms with Gasteiger partial charge in [-0.1, -0.05) is 73.5 Å². The summed E-state index contributed by atoms with van der Waals surface area (Å²) in [6, 6.07) is 26.3. The van der Waals surface area contributed by atoms with Crippen LogP contribution < -0.4 is 9.62 Å². The predicted octanol–water partition coefficient (Wildman–Crippen LogP) is 5.86. The largest absolute Gasteiger partial charge is 0.352 e. The molecule has 0 unspecified atom stereocenters. The highest BCUT2D eigenvalue weighted by Gasteiger charge is 2.35. The van der Waals surface area contributed by atoms with Crippen molar-refractivity contribution in [1.29, 1.82) is 0 Å². The number of rotatable bonds is 12. The zero-order chi connectivity index (χ0) is 31.8. The fourth-order valence-corrected chi connectivity index (χ4v) is 7.00. The van der Waals surface area contributed by atoms with E-state index in [0.29, 0.717) is 5.56 Å². The Labute approximate surface area is 262 Å². The summed E-state index contributed by atoms with van der Waals surface area (Å²) in [5.41, 5.74) is 1.47. The lowest BCUT2D eigenvalue weighted by molar-refractivity contribution is -0.140. The Morgan fingerprint density at radius 3 is 1.91 bits per heavy atom. The highest BCUT2D eigenvalue weighted by molar-refractivity contribution is 7.92. The van der Waals surface area contributed by atoms with Gasteiger partial charge in [0.05, 0.1) is 10.6 Å². The average molecular weight is 632 g/mol. The molecular weight excluding hydrogens is 596 g/mol. The van der Waals surface area contributed by atoms with Crippen molar-refractivity contribution in [2.75, 3.05) is 10.8 Å². The molecule has 1 atom stereocenters. The van der Waals surface area contributed by atoms with E-state index in [9.17, 15) is 26.8 Å². The Bertz CT molecular complexity index is 1680. The molecule has 0 bridgehead atoms. The zero-order valence-electron chi connectivity index (χ0n) is 24.7. The van der Waals surface area contributed by atoms with E-state index in [2.05, 4.69) is 5.32 Å². The first-order valence-corrected chi connectivity index (χ1v) is 16.4. The van der Waals surface area contributed by atoms with Crippen LogP contribution in [0.15, 0.2) is 114 Å². The average Bonchev–Trinajstić information content (AvgIpc) is 3.57. The monoisotopic (exact) mass is 631 g/mol. The van der Waals surface area contributed by atoms with E-state index in [-0.39, 0.29) is 35.5 Å². The summed E-state index contributed by atoms with van der Waals surface area (Å²) >= 11 is 0. The Morgan fingerprint density at radius 1 is 0.756 bits per heavy atom. The molecule has 0 spiro atoms. The van der Waals surface area contributed by atoms with E-state index in [1.54, 1.807) is 18.2 Å². The molecule has 2 amide bonds. The Balaban J connectivity index is 1.55. The highest BCUT2D eigenvalue weighted by atomic mass is 32.2. The van der Waals surface area contributed by atoms with Gasteiger partial charge in [0, 0.05) is 19.0 Å². The quantitative estimate of drug-likeness (QED) is 0.212. The van der Waals surface area contributed by atoms with E-state index >= 15 is 0 Å². The van der Waals surface area contributed by atoms with E-state index in [1.165, 1.54) is 53.4 Å². The van der Waals surface area contributed by atoms with Crippen molar-refractivity contribution in [2.24, 2.45) is 0 Å². The van der Waals surface area contributed by atoms with Gasteiger partial charge in [-0.3, -0.25) is 13.9 Å². The Morgan fingerprint density at radius 2 is 1.31 bits per heavy atom. The normalized spacial score (nSPS) is 14.1. The van der Waals surface area contributed by atoms with Crippen molar-refractivity contribution in [2.45, 2.75) is 55.6 Å². The predicted molar refractivity (Wildman–Crippen MR) is 169 cm³/mol. The molecule has 1 N–H and O–H groups in total. The lowest BCUT2D eigenvalue weighted by atomic mass is 10.0. The van der Waals surface area contributed by atoms with E-state index in [0.717, 1.165) is 47.7 Å². The van der Waals surface area contributed by atoms with Gasteiger partial charge in [-0.05, 0) is 72.5 Å². The maximum atomic E-state index is 14.4. The van der Waals surface area contributed by atoms with Crippen LogP contribution in [0.25, 0.3) is 0 Å². The van der Waals surface area contributed by atoms with Gasteiger partial charge >= 0.3 is 0 Å². The van der Waals surface area contributed by atoms with Gasteiger partial charge < -0.3 is 10.2 Å². The standard InChI is InChI=1S/C35H35F2N3O4S/c36-28-17-15-27(16-18-28)24-39(33(23-26-9-3-1-4-10-26)35(42)38-30-11-7-8-12-30)34(41)25-40(31-21-19-29(37)20-22-31)45(43,44)32-13-5-2-6-14-32/h1-6,9-10,13-22,30,33H,7-8,11-12,23-25H2,(H,38,42)/t33-/m1/s1. The number of hydrogen-bond donors (Lipinski definition) is 1. The zero-order valence-corrected chi connectivity index (χ0v) is 25.5. The van der Waals surface area contributed by atoms with E-state index < -0.39 is 40.2 Å². The van der Waals surface area contributed by atoms with Crippen LogP contribution in [0, 0.1) is 11.6 Å². The molecule has 4 aromatic rings. The maximum absolute atomic E-state index is 14.4. The van der Waals surface area contributed by atoms with E-state index in [4.69, 9.17) is 0 Å². The summed E-state index contributed by atoms with van der Waals surface area (Å²) in [6.45, 7) is -0.733. The molecule has 0 aliphatic heterocycles. The number of nitrogens with one attached hydrogen (secondary N) is 1. The number of hydrogen-bond acceptors (Lipinski definition) is 4. The summed E-state index contributed by atoms with van der Waals surface area (Å²) in [7, 11) is -4.28. The van der Waals surface area contributed by atoms with Crippen molar-refractivity contribution < 1.29 is 26.8 Å². The third kappa shape index (κ3) is 8.13. The molecule has 7 nitrogen and oxygen atoms in total. The first-order valence-electron chi connectivity index (χ1n) is 14.9. The summed E-state index contributed by atoms with van der Waals surface area (Å²) in [4.78, 5) is 29.7. The molecule has 1 aliphatic carbocycles. The smallest absolute Gasteiger partial charge is 0.264 e. The highest BCUT2D eigenvalue weighted by Crippen LogP contribution is 2.26. The summed E-state index contributed by atoms with van der Waals surface area (Å²) in [6.07, 6.45) is 3.84. The molecule has 10 heteroatoms. The lowest BCUT2D eigenvalue weighted by Crippen LogP contribution is -2.54. The van der Waals surface area contributed by atoms with Crippen LogP contribution in [0.5, 0.6) is 0 Å². The SMILES string of the molecule is O=C(NC1CCCC1)[C@@H](Cc1ccccc1)N(Cc1ccc(F)cc1)C(=O)CN(c1ccc(F)cc1)S(=O)(=O)c1ccccc1. The molecule has 0 heterocycles.